The highest BCUT2D eigenvalue weighted by Crippen LogP contribution is 2.28. The molecule has 20 heavy (non-hydrogen) atoms. The largest absolute Gasteiger partial charge is 0.492 e. The Morgan fingerprint density at radius 1 is 1.55 bits per heavy atom. The second-order valence-corrected chi connectivity index (χ2v) is 5.20. The lowest BCUT2D eigenvalue weighted by Gasteiger charge is -2.25. The van der Waals surface area contributed by atoms with Gasteiger partial charge in [0.25, 0.3) is 5.91 Å². The third-order valence-electron chi connectivity index (χ3n) is 3.89. The first-order valence-corrected chi connectivity index (χ1v) is 7.02. The molecule has 110 valence electrons. The van der Waals surface area contributed by atoms with E-state index in [4.69, 9.17) is 10.5 Å². The predicted molar refractivity (Wildman–Crippen MR) is 77.7 cm³/mol. The molecular weight excluding hydrogens is 256 g/mol. The number of anilines is 1. The van der Waals surface area contributed by atoms with Crippen molar-refractivity contribution >= 4 is 11.6 Å². The molecule has 1 fully saturated rings. The van der Waals surface area contributed by atoms with Crippen molar-refractivity contribution in [3.63, 3.8) is 0 Å². The first-order valence-electron chi connectivity index (χ1n) is 7.02. The SMILES string of the molecule is CCOc1ccc(C(=O)N2CCC(C)C2CO)cc1N. The number of amides is 1. The number of rotatable bonds is 4. The molecular formula is C15H22N2O3. The van der Waals surface area contributed by atoms with E-state index in [1.165, 1.54) is 0 Å². The topological polar surface area (TPSA) is 75.8 Å². The summed E-state index contributed by atoms with van der Waals surface area (Å²) in [6.45, 7) is 5.15. The molecule has 5 heteroatoms. The van der Waals surface area contributed by atoms with Gasteiger partial charge in [0, 0.05) is 12.1 Å². The third kappa shape index (κ3) is 2.72. The number of hydrogen-bond acceptors (Lipinski definition) is 4. The normalized spacial score (nSPS) is 22.1. The van der Waals surface area contributed by atoms with Gasteiger partial charge in [0.05, 0.1) is 24.9 Å². The molecule has 0 spiro atoms. The number of aliphatic hydroxyl groups excluding tert-OH is 1. The molecule has 1 aromatic rings. The van der Waals surface area contributed by atoms with E-state index in [0.29, 0.717) is 36.1 Å². The van der Waals surface area contributed by atoms with Crippen LogP contribution in [0, 0.1) is 5.92 Å². The number of hydrogen-bond donors (Lipinski definition) is 2. The predicted octanol–water partition coefficient (Wildman–Crippen LogP) is 1.51. The summed E-state index contributed by atoms with van der Waals surface area (Å²) in [6.07, 6.45) is 0.920. The molecule has 2 rings (SSSR count). The van der Waals surface area contributed by atoms with Crippen LogP contribution in [0.1, 0.15) is 30.6 Å². The summed E-state index contributed by atoms with van der Waals surface area (Å²) in [4.78, 5) is 14.2. The number of likely N-dealkylation sites (tertiary alicyclic amines) is 1. The monoisotopic (exact) mass is 278 g/mol. The first-order chi connectivity index (χ1) is 9.58. The second-order valence-electron chi connectivity index (χ2n) is 5.20. The molecule has 0 aromatic heterocycles. The minimum Gasteiger partial charge on any atom is -0.492 e. The molecule has 2 atom stereocenters. The summed E-state index contributed by atoms with van der Waals surface area (Å²) in [6, 6.07) is 4.99. The average molecular weight is 278 g/mol. The Hall–Kier alpha value is -1.75. The van der Waals surface area contributed by atoms with Crippen molar-refractivity contribution in [2.24, 2.45) is 5.92 Å². The van der Waals surface area contributed by atoms with E-state index in [2.05, 4.69) is 6.92 Å². The second kappa shape index (κ2) is 6.13. The van der Waals surface area contributed by atoms with Crippen molar-refractivity contribution in [2.45, 2.75) is 26.3 Å². The Morgan fingerprint density at radius 2 is 2.30 bits per heavy atom. The van der Waals surface area contributed by atoms with Crippen LogP contribution in [0.4, 0.5) is 5.69 Å². The molecule has 1 amide bonds. The number of ether oxygens (including phenoxy) is 1. The maximum absolute atomic E-state index is 12.5. The van der Waals surface area contributed by atoms with E-state index in [1.54, 1.807) is 23.1 Å². The maximum atomic E-state index is 12.5. The molecule has 2 unspecified atom stereocenters. The van der Waals surface area contributed by atoms with Crippen LogP contribution >= 0.6 is 0 Å². The van der Waals surface area contributed by atoms with Crippen molar-refractivity contribution in [3.8, 4) is 5.75 Å². The fourth-order valence-corrected chi connectivity index (χ4v) is 2.67. The number of carbonyl (C=O) groups is 1. The van der Waals surface area contributed by atoms with Crippen LogP contribution in [-0.4, -0.2) is 41.7 Å². The van der Waals surface area contributed by atoms with Crippen LogP contribution in [0.15, 0.2) is 18.2 Å². The van der Waals surface area contributed by atoms with Gasteiger partial charge in [-0.1, -0.05) is 6.92 Å². The van der Waals surface area contributed by atoms with Gasteiger partial charge in [0.1, 0.15) is 5.75 Å². The smallest absolute Gasteiger partial charge is 0.254 e. The Bertz CT molecular complexity index is 490. The number of aliphatic hydroxyl groups is 1. The lowest BCUT2D eigenvalue weighted by atomic mass is 10.0. The van der Waals surface area contributed by atoms with Crippen LogP contribution in [0.3, 0.4) is 0 Å². The average Bonchev–Trinajstić information content (AvgIpc) is 2.81. The van der Waals surface area contributed by atoms with Crippen LogP contribution in [0.5, 0.6) is 5.75 Å². The molecule has 0 saturated carbocycles. The minimum absolute atomic E-state index is 0.000577. The molecule has 0 bridgehead atoms. The first kappa shape index (κ1) is 14.7. The maximum Gasteiger partial charge on any atom is 0.254 e. The zero-order chi connectivity index (χ0) is 14.7. The highest BCUT2D eigenvalue weighted by atomic mass is 16.5. The summed E-state index contributed by atoms with van der Waals surface area (Å²) in [5, 5.41) is 9.43. The van der Waals surface area contributed by atoms with E-state index < -0.39 is 0 Å². The zero-order valence-corrected chi connectivity index (χ0v) is 12.0. The van der Waals surface area contributed by atoms with Crippen molar-refractivity contribution in [1.82, 2.24) is 4.90 Å². The standard InChI is InChI=1S/C15H22N2O3/c1-3-20-14-5-4-11(8-12(14)16)15(19)17-7-6-10(2)13(17)9-18/h4-5,8,10,13,18H,3,6-7,9,16H2,1-2H3. The van der Waals surface area contributed by atoms with Gasteiger partial charge in [-0.05, 0) is 37.5 Å². The number of carbonyl (C=O) groups excluding carboxylic acids is 1. The van der Waals surface area contributed by atoms with Crippen LogP contribution in [-0.2, 0) is 0 Å². The van der Waals surface area contributed by atoms with E-state index in [1.807, 2.05) is 6.92 Å². The van der Waals surface area contributed by atoms with Gasteiger partial charge < -0.3 is 20.5 Å². The molecule has 1 aromatic carbocycles. The molecule has 1 heterocycles. The Labute approximate surface area is 119 Å². The summed E-state index contributed by atoms with van der Waals surface area (Å²) in [7, 11) is 0. The van der Waals surface area contributed by atoms with Crippen molar-refractivity contribution in [3.05, 3.63) is 23.8 Å². The van der Waals surface area contributed by atoms with E-state index in [-0.39, 0.29) is 18.6 Å². The fourth-order valence-electron chi connectivity index (χ4n) is 2.67. The quantitative estimate of drug-likeness (QED) is 0.819. The Morgan fingerprint density at radius 3 is 2.90 bits per heavy atom. The van der Waals surface area contributed by atoms with Gasteiger partial charge in [-0.2, -0.15) is 0 Å². The molecule has 0 radical (unpaired) electrons. The van der Waals surface area contributed by atoms with Crippen LogP contribution in [0.25, 0.3) is 0 Å². The Balaban J connectivity index is 2.19. The number of nitrogens with zero attached hydrogens (tertiary/aromatic N) is 1. The summed E-state index contributed by atoms with van der Waals surface area (Å²) in [5.74, 6) is 0.838. The van der Waals surface area contributed by atoms with Gasteiger partial charge in [-0.3, -0.25) is 4.79 Å². The lowest BCUT2D eigenvalue weighted by molar-refractivity contribution is 0.0648. The zero-order valence-electron chi connectivity index (χ0n) is 12.0. The molecule has 0 aliphatic carbocycles. The highest BCUT2D eigenvalue weighted by molar-refractivity contribution is 5.96. The lowest BCUT2D eigenvalue weighted by Crippen LogP contribution is -2.39. The Kier molecular flexibility index (Phi) is 4.49. The van der Waals surface area contributed by atoms with Gasteiger partial charge in [0.15, 0.2) is 0 Å². The highest BCUT2D eigenvalue weighted by Gasteiger charge is 2.34. The van der Waals surface area contributed by atoms with E-state index in [0.717, 1.165) is 6.42 Å². The fraction of sp³-hybridized carbons (Fsp3) is 0.533. The molecule has 1 saturated heterocycles. The van der Waals surface area contributed by atoms with Crippen LogP contribution in [0.2, 0.25) is 0 Å². The van der Waals surface area contributed by atoms with Crippen molar-refractivity contribution in [1.29, 1.82) is 0 Å². The summed E-state index contributed by atoms with van der Waals surface area (Å²) >= 11 is 0. The molecule has 1 aliphatic heterocycles. The summed E-state index contributed by atoms with van der Waals surface area (Å²) < 4.78 is 5.37. The third-order valence-corrected chi connectivity index (χ3v) is 3.89. The van der Waals surface area contributed by atoms with Gasteiger partial charge in [0.2, 0.25) is 0 Å². The van der Waals surface area contributed by atoms with Gasteiger partial charge in [-0.15, -0.1) is 0 Å². The molecule has 5 nitrogen and oxygen atoms in total. The number of nitrogens with two attached hydrogens (primary N) is 1. The number of nitrogen functional groups attached to an aromatic ring is 1. The minimum atomic E-state index is -0.102. The molecule has 1 aliphatic rings. The summed E-state index contributed by atoms with van der Waals surface area (Å²) in [5.41, 5.74) is 6.90. The van der Waals surface area contributed by atoms with Gasteiger partial charge >= 0.3 is 0 Å². The van der Waals surface area contributed by atoms with Crippen molar-refractivity contribution in [2.75, 3.05) is 25.5 Å². The number of benzene rings is 1. The van der Waals surface area contributed by atoms with E-state index in [9.17, 15) is 9.90 Å². The molecule has 3 N–H and O–H groups in total. The van der Waals surface area contributed by atoms with Crippen LogP contribution < -0.4 is 10.5 Å². The van der Waals surface area contributed by atoms with E-state index >= 15 is 0 Å². The van der Waals surface area contributed by atoms with Crippen molar-refractivity contribution < 1.29 is 14.6 Å². The van der Waals surface area contributed by atoms with Gasteiger partial charge in [-0.25, -0.2) is 0 Å².